The van der Waals surface area contributed by atoms with Gasteiger partial charge in [0, 0.05) is 44.9 Å². The van der Waals surface area contributed by atoms with Gasteiger partial charge in [0.15, 0.2) is 0 Å². The average molecular weight is 441 g/mol. The lowest BCUT2D eigenvalue weighted by atomic mass is 9.91. The zero-order valence-electron chi connectivity index (χ0n) is 18.3. The van der Waals surface area contributed by atoms with E-state index in [1.54, 1.807) is 18.2 Å². The maximum atomic E-state index is 13.4. The summed E-state index contributed by atoms with van der Waals surface area (Å²) in [4.78, 5) is 11.5. The molecule has 164 valence electrons. The fraction of sp³-hybridized carbons (Fsp3) is 0.409. The number of anilines is 1. The van der Waals surface area contributed by atoms with Crippen LogP contribution in [0.3, 0.4) is 0 Å². The van der Waals surface area contributed by atoms with Gasteiger partial charge in [-0.2, -0.15) is 9.40 Å². The molecule has 3 aromatic rings. The number of benzene rings is 1. The van der Waals surface area contributed by atoms with Crippen molar-refractivity contribution in [1.29, 1.82) is 0 Å². The van der Waals surface area contributed by atoms with E-state index < -0.39 is 10.0 Å². The lowest BCUT2D eigenvalue weighted by molar-refractivity contribution is 0.312. The second kappa shape index (κ2) is 8.39. The molecular weight excluding hydrogens is 412 g/mol. The first-order chi connectivity index (χ1) is 14.8. The second-order valence-electron chi connectivity index (χ2n) is 8.19. The molecule has 3 heterocycles. The zero-order valence-corrected chi connectivity index (χ0v) is 19.1. The van der Waals surface area contributed by atoms with Gasteiger partial charge in [-0.15, -0.1) is 0 Å². The molecule has 1 saturated heterocycles. The molecular formula is C22H28N6O2S. The third-order valence-electron chi connectivity index (χ3n) is 5.72. The van der Waals surface area contributed by atoms with E-state index in [-0.39, 0.29) is 10.8 Å². The van der Waals surface area contributed by atoms with Crippen LogP contribution in [0.25, 0.3) is 11.1 Å². The highest BCUT2D eigenvalue weighted by molar-refractivity contribution is 7.89. The van der Waals surface area contributed by atoms with E-state index in [9.17, 15) is 8.42 Å². The number of hydrogen-bond donors (Lipinski definition) is 1. The first-order valence-corrected chi connectivity index (χ1v) is 11.8. The van der Waals surface area contributed by atoms with E-state index in [0.717, 1.165) is 29.7 Å². The summed E-state index contributed by atoms with van der Waals surface area (Å²) in [6.07, 6.45) is 3.50. The summed E-state index contributed by atoms with van der Waals surface area (Å²) in [7, 11) is 0.173. The molecule has 0 saturated carbocycles. The van der Waals surface area contributed by atoms with Gasteiger partial charge in [-0.1, -0.05) is 30.3 Å². The standard InChI is InChI=1S/C22H28N6O2S/c1-15-21(16(2)26-25-15)31(29,30)28-12-8-11-18(14-28)20-19(17-9-6-5-7-10-17)13-23-22(24-20)27(3)4/h5-7,9-10,13,18H,8,11-12,14H2,1-4H3,(H,25,26)/t18-/m0/s1. The summed E-state index contributed by atoms with van der Waals surface area (Å²) in [6, 6.07) is 10.0. The number of aromatic nitrogens is 4. The number of aryl methyl sites for hydroxylation is 2. The van der Waals surface area contributed by atoms with Crippen LogP contribution >= 0.6 is 0 Å². The van der Waals surface area contributed by atoms with Crippen LogP contribution in [0.15, 0.2) is 41.4 Å². The molecule has 4 rings (SSSR count). The number of nitrogens with one attached hydrogen (secondary N) is 1. The van der Waals surface area contributed by atoms with Crippen LogP contribution in [0.2, 0.25) is 0 Å². The van der Waals surface area contributed by atoms with Crippen molar-refractivity contribution in [3.05, 3.63) is 53.6 Å². The lowest BCUT2D eigenvalue weighted by Crippen LogP contribution is -2.39. The van der Waals surface area contributed by atoms with Gasteiger partial charge in [0.1, 0.15) is 4.90 Å². The Bertz CT molecular complexity index is 1150. The van der Waals surface area contributed by atoms with Crippen LogP contribution in [0.1, 0.15) is 35.8 Å². The van der Waals surface area contributed by atoms with Gasteiger partial charge in [0.2, 0.25) is 16.0 Å². The maximum Gasteiger partial charge on any atom is 0.246 e. The van der Waals surface area contributed by atoms with Crippen molar-refractivity contribution in [1.82, 2.24) is 24.5 Å². The molecule has 0 radical (unpaired) electrons. The van der Waals surface area contributed by atoms with Crippen LogP contribution < -0.4 is 4.90 Å². The van der Waals surface area contributed by atoms with Crippen LogP contribution in [0.4, 0.5) is 5.95 Å². The number of aromatic amines is 1. The molecule has 1 aliphatic heterocycles. The smallest absolute Gasteiger partial charge is 0.246 e. The molecule has 1 N–H and O–H groups in total. The van der Waals surface area contributed by atoms with Gasteiger partial charge in [0.25, 0.3) is 0 Å². The Morgan fingerprint density at radius 2 is 1.90 bits per heavy atom. The zero-order chi connectivity index (χ0) is 22.2. The third-order valence-corrected chi connectivity index (χ3v) is 7.85. The molecule has 0 bridgehead atoms. The van der Waals surface area contributed by atoms with Crippen molar-refractivity contribution in [3.8, 4) is 11.1 Å². The summed E-state index contributed by atoms with van der Waals surface area (Å²) in [5, 5.41) is 6.88. The summed E-state index contributed by atoms with van der Waals surface area (Å²) in [6.45, 7) is 4.35. The summed E-state index contributed by atoms with van der Waals surface area (Å²) < 4.78 is 28.4. The number of rotatable bonds is 5. The number of nitrogens with zero attached hydrogens (tertiary/aromatic N) is 5. The topological polar surface area (TPSA) is 95.1 Å². The maximum absolute atomic E-state index is 13.4. The second-order valence-corrected chi connectivity index (χ2v) is 10.1. The number of sulfonamides is 1. The third kappa shape index (κ3) is 4.07. The Hall–Kier alpha value is -2.78. The van der Waals surface area contributed by atoms with Gasteiger partial charge < -0.3 is 4.90 Å². The molecule has 8 nitrogen and oxygen atoms in total. The van der Waals surface area contributed by atoms with Crippen molar-refractivity contribution < 1.29 is 8.42 Å². The Morgan fingerprint density at radius 1 is 1.16 bits per heavy atom. The minimum atomic E-state index is -3.64. The van der Waals surface area contributed by atoms with Crippen molar-refractivity contribution >= 4 is 16.0 Å². The average Bonchev–Trinajstić information content (AvgIpc) is 3.12. The van der Waals surface area contributed by atoms with Gasteiger partial charge in [-0.25, -0.2) is 18.4 Å². The lowest BCUT2D eigenvalue weighted by Gasteiger charge is -2.32. The van der Waals surface area contributed by atoms with E-state index in [0.29, 0.717) is 30.4 Å². The van der Waals surface area contributed by atoms with Gasteiger partial charge >= 0.3 is 0 Å². The van der Waals surface area contributed by atoms with Gasteiger partial charge in [0.05, 0.1) is 17.1 Å². The summed E-state index contributed by atoms with van der Waals surface area (Å²) in [5.74, 6) is 0.601. The molecule has 31 heavy (non-hydrogen) atoms. The van der Waals surface area contributed by atoms with Crippen molar-refractivity contribution in [2.75, 3.05) is 32.1 Å². The minimum absolute atomic E-state index is 0.0204. The van der Waals surface area contributed by atoms with Crippen LogP contribution in [-0.2, 0) is 10.0 Å². The monoisotopic (exact) mass is 440 g/mol. The molecule has 1 aliphatic rings. The molecule has 2 aromatic heterocycles. The molecule has 0 aliphatic carbocycles. The normalized spacial score (nSPS) is 17.6. The van der Waals surface area contributed by atoms with Crippen LogP contribution in [0.5, 0.6) is 0 Å². The highest BCUT2D eigenvalue weighted by atomic mass is 32.2. The summed E-state index contributed by atoms with van der Waals surface area (Å²) >= 11 is 0. The van der Waals surface area contributed by atoms with Crippen molar-refractivity contribution in [2.24, 2.45) is 0 Å². The quantitative estimate of drug-likeness (QED) is 0.655. The van der Waals surface area contributed by atoms with Crippen molar-refractivity contribution in [3.63, 3.8) is 0 Å². The Morgan fingerprint density at radius 3 is 2.55 bits per heavy atom. The van der Waals surface area contributed by atoms with E-state index in [1.807, 2.05) is 55.5 Å². The highest BCUT2D eigenvalue weighted by Gasteiger charge is 2.35. The fourth-order valence-corrected chi connectivity index (χ4v) is 6.04. The van der Waals surface area contributed by atoms with Crippen LogP contribution in [0, 0.1) is 13.8 Å². The van der Waals surface area contributed by atoms with E-state index in [4.69, 9.17) is 4.98 Å². The number of piperidine rings is 1. The largest absolute Gasteiger partial charge is 0.347 e. The Balaban J connectivity index is 1.74. The van der Waals surface area contributed by atoms with E-state index >= 15 is 0 Å². The van der Waals surface area contributed by atoms with Gasteiger partial charge in [-0.05, 0) is 32.3 Å². The molecule has 1 fully saturated rings. The first-order valence-electron chi connectivity index (χ1n) is 10.4. The molecule has 9 heteroatoms. The summed E-state index contributed by atoms with van der Waals surface area (Å²) in [5.41, 5.74) is 3.95. The molecule has 1 atom stereocenters. The van der Waals surface area contributed by atoms with E-state index in [1.165, 1.54) is 0 Å². The predicted molar refractivity (Wildman–Crippen MR) is 121 cm³/mol. The molecule has 0 spiro atoms. The number of H-pyrrole nitrogens is 1. The molecule has 1 aromatic carbocycles. The Labute approximate surface area is 183 Å². The fourth-order valence-electron chi connectivity index (χ4n) is 4.19. The van der Waals surface area contributed by atoms with Crippen LogP contribution in [-0.4, -0.2) is 60.1 Å². The van der Waals surface area contributed by atoms with E-state index in [2.05, 4.69) is 15.2 Å². The molecule has 0 amide bonds. The van der Waals surface area contributed by atoms with Crippen molar-refractivity contribution in [2.45, 2.75) is 37.5 Å². The first kappa shape index (κ1) is 21.5. The molecule has 0 unspecified atom stereocenters. The Kier molecular flexibility index (Phi) is 5.81. The predicted octanol–water partition coefficient (Wildman–Crippen LogP) is 3.12. The SMILES string of the molecule is Cc1n[nH]c(C)c1S(=O)(=O)N1CCC[C@H](c2nc(N(C)C)ncc2-c2ccccc2)C1. The van der Waals surface area contributed by atoms with Gasteiger partial charge in [-0.3, -0.25) is 5.10 Å². The number of hydrogen-bond acceptors (Lipinski definition) is 6. The highest BCUT2D eigenvalue weighted by Crippen LogP contribution is 2.36. The minimum Gasteiger partial charge on any atom is -0.347 e.